The number of benzene rings is 2. The van der Waals surface area contributed by atoms with Crippen LogP contribution in [0.4, 0.5) is 0 Å². The Bertz CT molecular complexity index is 1030. The summed E-state index contributed by atoms with van der Waals surface area (Å²) >= 11 is 0. The molecule has 3 unspecified atom stereocenters. The van der Waals surface area contributed by atoms with Gasteiger partial charge in [0.25, 0.3) is 0 Å². The third kappa shape index (κ3) is 8.15. The van der Waals surface area contributed by atoms with E-state index in [1.54, 1.807) is 7.11 Å². The summed E-state index contributed by atoms with van der Waals surface area (Å²) in [5, 5.41) is 0. The van der Waals surface area contributed by atoms with Crippen LogP contribution >= 0.6 is 0 Å². The van der Waals surface area contributed by atoms with E-state index >= 15 is 0 Å². The maximum absolute atomic E-state index is 12.8. The third-order valence-corrected chi connectivity index (χ3v) is 7.40. The second kappa shape index (κ2) is 14.1. The molecule has 0 amide bonds. The van der Waals surface area contributed by atoms with Crippen molar-refractivity contribution in [1.29, 1.82) is 0 Å². The number of fused-ring (bicyclic) bond motifs is 1. The van der Waals surface area contributed by atoms with Gasteiger partial charge in [0.05, 0.1) is 13.5 Å². The van der Waals surface area contributed by atoms with Crippen LogP contribution in [-0.4, -0.2) is 24.5 Å². The fourth-order valence-electron chi connectivity index (χ4n) is 5.57. The van der Waals surface area contributed by atoms with E-state index in [-0.39, 0.29) is 35.6 Å². The lowest BCUT2D eigenvalue weighted by molar-refractivity contribution is -0.129. The molecule has 1 aliphatic carbocycles. The van der Waals surface area contributed by atoms with Crippen LogP contribution in [0.15, 0.2) is 36.4 Å². The van der Waals surface area contributed by atoms with E-state index in [9.17, 15) is 14.4 Å². The molecule has 0 saturated heterocycles. The van der Waals surface area contributed by atoms with Gasteiger partial charge in [-0.1, -0.05) is 56.5 Å². The van der Waals surface area contributed by atoms with Gasteiger partial charge in [-0.15, -0.1) is 0 Å². The molecule has 3 rings (SSSR count). The van der Waals surface area contributed by atoms with E-state index < -0.39 is 0 Å². The fourth-order valence-corrected chi connectivity index (χ4v) is 5.57. The van der Waals surface area contributed by atoms with Gasteiger partial charge in [-0.05, 0) is 87.6 Å². The minimum Gasteiger partial charge on any atom is -0.497 e. The zero-order valence-electron chi connectivity index (χ0n) is 23.3. The molecule has 4 heteroatoms. The Morgan fingerprint density at radius 2 is 1.61 bits per heavy atom. The topological polar surface area (TPSA) is 60.4 Å². The summed E-state index contributed by atoms with van der Waals surface area (Å²) in [5.41, 5.74) is 5.66. The van der Waals surface area contributed by atoms with E-state index in [1.165, 1.54) is 23.6 Å². The molecular formula is C32H44O4. The molecule has 0 N–H and O–H groups in total. The first-order valence-corrected chi connectivity index (χ1v) is 13.4. The zero-order valence-corrected chi connectivity index (χ0v) is 23.3. The molecule has 2 aromatic carbocycles. The lowest BCUT2D eigenvalue weighted by Gasteiger charge is -2.32. The lowest BCUT2D eigenvalue weighted by atomic mass is 9.71. The second-order valence-electron chi connectivity index (χ2n) is 10.4. The molecule has 0 aromatic heterocycles. The summed E-state index contributed by atoms with van der Waals surface area (Å²) in [6.45, 7) is 11.8. The molecule has 0 fully saturated rings. The SMILES string of the molecule is CCCC(CC1CC(=O)c2c(C)ccc(C)c2C1)C(CC)C(=O)CC(C)=O.COc1ccc(C)cc1. The highest BCUT2D eigenvalue weighted by Gasteiger charge is 2.33. The molecule has 0 saturated carbocycles. The Kier molecular flexibility index (Phi) is 11.6. The number of ketones is 3. The number of rotatable bonds is 10. The van der Waals surface area contributed by atoms with E-state index in [1.807, 2.05) is 44.2 Å². The van der Waals surface area contributed by atoms with Gasteiger partial charge in [-0.25, -0.2) is 0 Å². The van der Waals surface area contributed by atoms with E-state index in [4.69, 9.17) is 4.74 Å². The van der Waals surface area contributed by atoms with Crippen molar-refractivity contribution in [3.05, 3.63) is 64.2 Å². The standard InChI is InChI=1S/C24H34O3.C8H10O/c1-6-8-19(20(7-2)22(26)11-17(5)25)12-18-13-21-15(3)9-10-16(4)24(21)23(27)14-18;1-7-3-5-8(9-2)6-4-7/h9-10,18-20H,6-8,11-14H2,1-5H3;3-6H,1-2H3. The predicted molar refractivity (Wildman–Crippen MR) is 147 cm³/mol. The van der Waals surface area contributed by atoms with E-state index in [0.717, 1.165) is 49.0 Å². The first-order valence-electron chi connectivity index (χ1n) is 13.4. The maximum atomic E-state index is 12.8. The average molecular weight is 493 g/mol. The van der Waals surface area contributed by atoms with E-state index in [2.05, 4.69) is 26.8 Å². The van der Waals surface area contributed by atoms with Crippen molar-refractivity contribution in [2.75, 3.05) is 7.11 Å². The Hall–Kier alpha value is -2.75. The largest absolute Gasteiger partial charge is 0.497 e. The Morgan fingerprint density at radius 1 is 0.972 bits per heavy atom. The van der Waals surface area contributed by atoms with Crippen LogP contribution in [0.1, 0.15) is 91.9 Å². The zero-order chi connectivity index (χ0) is 26.8. The van der Waals surface area contributed by atoms with Crippen molar-refractivity contribution >= 4 is 17.3 Å². The molecule has 0 heterocycles. The van der Waals surface area contributed by atoms with Crippen molar-refractivity contribution in [2.45, 2.75) is 86.5 Å². The molecule has 0 spiro atoms. The third-order valence-electron chi connectivity index (χ3n) is 7.40. The Labute approximate surface area is 217 Å². The molecule has 0 aliphatic heterocycles. The first-order chi connectivity index (χ1) is 17.1. The van der Waals surface area contributed by atoms with Gasteiger partial charge in [-0.2, -0.15) is 0 Å². The molecule has 2 aromatic rings. The maximum Gasteiger partial charge on any atom is 0.163 e. The number of hydrogen-bond donors (Lipinski definition) is 0. The molecule has 1 aliphatic rings. The normalized spacial score (nSPS) is 16.3. The van der Waals surface area contributed by atoms with Gasteiger partial charge in [-0.3, -0.25) is 14.4 Å². The second-order valence-corrected chi connectivity index (χ2v) is 10.4. The summed E-state index contributed by atoms with van der Waals surface area (Å²) < 4.78 is 4.97. The summed E-state index contributed by atoms with van der Waals surface area (Å²) in [6.07, 6.45) is 5.21. The van der Waals surface area contributed by atoms with Gasteiger partial charge in [0.2, 0.25) is 0 Å². The lowest BCUT2D eigenvalue weighted by Crippen LogP contribution is -2.30. The number of aryl methyl sites for hydroxylation is 3. The predicted octanol–water partition coefficient (Wildman–Crippen LogP) is 7.43. The minimum atomic E-state index is -0.0658. The summed E-state index contributed by atoms with van der Waals surface area (Å²) in [7, 11) is 1.67. The molecule has 4 nitrogen and oxygen atoms in total. The van der Waals surface area contributed by atoms with E-state index in [0.29, 0.717) is 12.3 Å². The Balaban J connectivity index is 0.000000425. The minimum absolute atomic E-state index is 0.0451. The van der Waals surface area contributed by atoms with Crippen molar-refractivity contribution < 1.29 is 19.1 Å². The monoisotopic (exact) mass is 492 g/mol. The van der Waals surface area contributed by atoms with Gasteiger partial charge in [0, 0.05) is 17.9 Å². The molecular weight excluding hydrogens is 448 g/mol. The summed E-state index contributed by atoms with van der Waals surface area (Å²) in [5.74, 6) is 1.68. The van der Waals surface area contributed by atoms with Crippen molar-refractivity contribution in [2.24, 2.45) is 17.8 Å². The van der Waals surface area contributed by atoms with Crippen molar-refractivity contribution in [3.8, 4) is 5.75 Å². The highest BCUT2D eigenvalue weighted by Crippen LogP contribution is 2.37. The van der Waals surface area contributed by atoms with Gasteiger partial charge in [0.15, 0.2) is 5.78 Å². The van der Waals surface area contributed by atoms with Crippen LogP contribution in [0.25, 0.3) is 0 Å². The number of Topliss-reactive ketones (excluding diaryl/α,β-unsaturated/α-hetero) is 3. The van der Waals surface area contributed by atoms with Gasteiger partial charge < -0.3 is 4.74 Å². The molecule has 196 valence electrons. The van der Waals surface area contributed by atoms with Crippen LogP contribution < -0.4 is 4.74 Å². The quantitative estimate of drug-likeness (QED) is 0.324. The van der Waals surface area contributed by atoms with Crippen molar-refractivity contribution in [1.82, 2.24) is 0 Å². The highest BCUT2D eigenvalue weighted by atomic mass is 16.5. The van der Waals surface area contributed by atoms with Crippen LogP contribution in [0, 0.1) is 38.5 Å². The number of carbonyl (C=O) groups excluding carboxylic acids is 3. The smallest absolute Gasteiger partial charge is 0.163 e. The highest BCUT2D eigenvalue weighted by molar-refractivity contribution is 6.00. The number of hydrogen-bond acceptors (Lipinski definition) is 4. The fraction of sp³-hybridized carbons (Fsp3) is 0.531. The van der Waals surface area contributed by atoms with Gasteiger partial charge >= 0.3 is 0 Å². The Morgan fingerprint density at radius 3 is 2.17 bits per heavy atom. The number of methoxy groups -OCH3 is 1. The van der Waals surface area contributed by atoms with Crippen molar-refractivity contribution in [3.63, 3.8) is 0 Å². The molecule has 0 radical (unpaired) electrons. The average Bonchev–Trinajstić information content (AvgIpc) is 2.82. The molecule has 3 atom stereocenters. The summed E-state index contributed by atoms with van der Waals surface area (Å²) in [4.78, 5) is 36.9. The number of ether oxygens (including phenoxy) is 1. The molecule has 36 heavy (non-hydrogen) atoms. The van der Waals surface area contributed by atoms with Gasteiger partial charge in [0.1, 0.15) is 17.3 Å². The first kappa shape index (κ1) is 29.5. The van der Waals surface area contributed by atoms with Crippen LogP contribution in [0.3, 0.4) is 0 Å². The van der Waals surface area contributed by atoms with Crippen LogP contribution in [0.5, 0.6) is 5.75 Å². The summed E-state index contributed by atoms with van der Waals surface area (Å²) in [6, 6.07) is 12.1. The van der Waals surface area contributed by atoms with Crippen LogP contribution in [-0.2, 0) is 16.0 Å². The van der Waals surface area contributed by atoms with Crippen LogP contribution in [0.2, 0.25) is 0 Å². The number of carbonyl (C=O) groups is 3. The molecule has 0 bridgehead atoms.